The molecule has 1 aliphatic heterocycles. The van der Waals surface area contributed by atoms with E-state index in [0.717, 1.165) is 25.0 Å². The molecule has 1 saturated heterocycles. The monoisotopic (exact) mass is 356 g/mol. The van der Waals surface area contributed by atoms with E-state index in [1.807, 2.05) is 11.3 Å². The van der Waals surface area contributed by atoms with E-state index in [4.69, 9.17) is 4.98 Å². The molecule has 5 heteroatoms. The Balaban J connectivity index is 1.42. The van der Waals surface area contributed by atoms with Crippen molar-refractivity contribution in [1.82, 2.24) is 14.9 Å². The predicted molar refractivity (Wildman–Crippen MR) is 105 cm³/mol. The van der Waals surface area contributed by atoms with Crippen molar-refractivity contribution in [3.63, 3.8) is 0 Å². The smallest absolute Gasteiger partial charge is 0.141 e. The fourth-order valence-corrected chi connectivity index (χ4v) is 6.25. The zero-order valence-electron chi connectivity index (χ0n) is 15.2. The highest BCUT2D eigenvalue weighted by Crippen LogP contribution is 2.40. The normalized spacial score (nSPS) is 25.6. The zero-order valence-corrected chi connectivity index (χ0v) is 16.0. The van der Waals surface area contributed by atoms with Crippen LogP contribution in [0.5, 0.6) is 0 Å². The number of anilines is 1. The number of piperazine rings is 1. The van der Waals surface area contributed by atoms with Crippen LogP contribution in [-0.4, -0.2) is 47.1 Å². The van der Waals surface area contributed by atoms with Gasteiger partial charge in [0.1, 0.15) is 17.0 Å². The van der Waals surface area contributed by atoms with Crippen LogP contribution >= 0.6 is 11.3 Å². The van der Waals surface area contributed by atoms with E-state index >= 15 is 0 Å². The molecule has 1 unspecified atom stereocenters. The molecule has 0 spiro atoms. The first-order valence-electron chi connectivity index (χ1n) is 10.0. The second-order valence-corrected chi connectivity index (χ2v) is 9.27. The molecule has 0 bridgehead atoms. The highest BCUT2D eigenvalue weighted by atomic mass is 32.1. The third-order valence-electron chi connectivity index (χ3n) is 6.52. The van der Waals surface area contributed by atoms with E-state index in [1.54, 1.807) is 16.8 Å². The van der Waals surface area contributed by atoms with Gasteiger partial charge >= 0.3 is 0 Å². The number of hydrogen-bond acceptors (Lipinski definition) is 5. The third-order valence-corrected chi connectivity index (χ3v) is 7.72. The number of nitrogens with zero attached hydrogens (tertiary/aromatic N) is 4. The molecule has 3 aliphatic rings. The van der Waals surface area contributed by atoms with Gasteiger partial charge in [-0.25, -0.2) is 9.97 Å². The van der Waals surface area contributed by atoms with E-state index in [1.165, 1.54) is 74.1 Å². The summed E-state index contributed by atoms with van der Waals surface area (Å²) in [7, 11) is 0. The van der Waals surface area contributed by atoms with Crippen molar-refractivity contribution in [3.05, 3.63) is 16.8 Å². The minimum atomic E-state index is 0.789. The van der Waals surface area contributed by atoms with E-state index in [-0.39, 0.29) is 0 Å². The average Bonchev–Trinajstić information content (AvgIpc) is 3.29. The van der Waals surface area contributed by atoms with Crippen LogP contribution in [0.1, 0.15) is 49.5 Å². The Morgan fingerprint density at radius 3 is 2.64 bits per heavy atom. The summed E-state index contributed by atoms with van der Waals surface area (Å²) in [6.07, 6.45) is 11.2. The Morgan fingerprint density at radius 2 is 1.84 bits per heavy atom. The van der Waals surface area contributed by atoms with Crippen molar-refractivity contribution < 1.29 is 0 Å². The largest absolute Gasteiger partial charge is 0.353 e. The average molecular weight is 357 g/mol. The molecule has 1 saturated carbocycles. The Kier molecular flexibility index (Phi) is 4.17. The standard InChI is InChI=1S/C20H28N4S/c1-14-6-7-17-16(12-14)18-19(21-13-22-20(18)25-17)24-10-8-23(9-11-24)15-4-2-3-5-15/h13-15H,2-12H2,1H3. The molecule has 0 radical (unpaired) electrons. The van der Waals surface area contributed by atoms with Gasteiger partial charge in [-0.15, -0.1) is 11.3 Å². The van der Waals surface area contributed by atoms with Crippen LogP contribution < -0.4 is 4.90 Å². The van der Waals surface area contributed by atoms with Crippen LogP contribution in [0.15, 0.2) is 6.33 Å². The fourth-order valence-electron chi connectivity index (χ4n) is 5.07. The van der Waals surface area contributed by atoms with Gasteiger partial charge in [-0.1, -0.05) is 19.8 Å². The minimum Gasteiger partial charge on any atom is -0.353 e. The lowest BCUT2D eigenvalue weighted by atomic mass is 9.88. The molecular formula is C20H28N4S. The van der Waals surface area contributed by atoms with Gasteiger partial charge < -0.3 is 4.90 Å². The van der Waals surface area contributed by atoms with Gasteiger partial charge in [-0.05, 0) is 43.6 Å². The SMILES string of the molecule is CC1CCc2sc3ncnc(N4CCN(C5CCCC5)CC4)c3c2C1. The van der Waals surface area contributed by atoms with E-state index in [0.29, 0.717) is 0 Å². The summed E-state index contributed by atoms with van der Waals surface area (Å²) in [6.45, 7) is 7.00. The second kappa shape index (κ2) is 6.51. The molecule has 2 aromatic rings. The number of aryl methyl sites for hydroxylation is 1. The van der Waals surface area contributed by atoms with Crippen molar-refractivity contribution >= 4 is 27.4 Å². The number of thiophene rings is 1. The predicted octanol–water partition coefficient (Wildman–Crippen LogP) is 3.88. The van der Waals surface area contributed by atoms with Crippen LogP contribution in [0.2, 0.25) is 0 Å². The first kappa shape index (κ1) is 16.0. The number of fused-ring (bicyclic) bond motifs is 3. The van der Waals surface area contributed by atoms with Gasteiger partial charge in [0.15, 0.2) is 0 Å². The molecule has 2 aromatic heterocycles. The maximum absolute atomic E-state index is 4.76. The van der Waals surface area contributed by atoms with E-state index in [9.17, 15) is 0 Å². The highest BCUT2D eigenvalue weighted by molar-refractivity contribution is 7.19. The van der Waals surface area contributed by atoms with Crippen LogP contribution in [0, 0.1) is 5.92 Å². The molecule has 3 heterocycles. The van der Waals surface area contributed by atoms with Gasteiger partial charge in [-0.3, -0.25) is 4.90 Å². The molecule has 5 rings (SSSR count). The minimum absolute atomic E-state index is 0.789. The van der Waals surface area contributed by atoms with Gasteiger partial charge in [0.05, 0.1) is 5.39 Å². The summed E-state index contributed by atoms with van der Waals surface area (Å²) in [5.74, 6) is 2.00. The van der Waals surface area contributed by atoms with Crippen molar-refractivity contribution in [2.24, 2.45) is 5.92 Å². The van der Waals surface area contributed by atoms with Crippen molar-refractivity contribution in [2.45, 2.75) is 57.9 Å². The van der Waals surface area contributed by atoms with Gasteiger partial charge in [0.25, 0.3) is 0 Å². The molecule has 1 atom stereocenters. The molecular weight excluding hydrogens is 328 g/mol. The summed E-state index contributed by atoms with van der Waals surface area (Å²) in [4.78, 5) is 17.4. The summed E-state index contributed by atoms with van der Waals surface area (Å²) in [5.41, 5.74) is 1.56. The van der Waals surface area contributed by atoms with Crippen LogP contribution in [0.4, 0.5) is 5.82 Å². The molecule has 2 fully saturated rings. The number of aromatic nitrogens is 2. The van der Waals surface area contributed by atoms with Gasteiger partial charge in [0, 0.05) is 37.1 Å². The first-order chi connectivity index (χ1) is 12.3. The molecule has 4 nitrogen and oxygen atoms in total. The zero-order chi connectivity index (χ0) is 16.8. The van der Waals surface area contributed by atoms with Crippen LogP contribution in [0.3, 0.4) is 0 Å². The lowest BCUT2D eigenvalue weighted by Crippen LogP contribution is -2.50. The van der Waals surface area contributed by atoms with E-state index < -0.39 is 0 Å². The van der Waals surface area contributed by atoms with Crippen LogP contribution in [-0.2, 0) is 12.8 Å². The molecule has 0 aromatic carbocycles. The van der Waals surface area contributed by atoms with Crippen molar-refractivity contribution in [2.75, 3.05) is 31.1 Å². The lowest BCUT2D eigenvalue weighted by Gasteiger charge is -2.38. The third kappa shape index (κ3) is 2.85. The summed E-state index contributed by atoms with van der Waals surface area (Å²) in [6, 6.07) is 0.849. The Bertz CT molecular complexity index is 756. The topological polar surface area (TPSA) is 32.3 Å². The van der Waals surface area contributed by atoms with Gasteiger partial charge in [0.2, 0.25) is 0 Å². The maximum Gasteiger partial charge on any atom is 0.141 e. The quantitative estimate of drug-likeness (QED) is 0.817. The Morgan fingerprint density at radius 1 is 1.04 bits per heavy atom. The molecule has 134 valence electrons. The van der Waals surface area contributed by atoms with Crippen LogP contribution in [0.25, 0.3) is 10.2 Å². The molecule has 0 N–H and O–H groups in total. The Hall–Kier alpha value is -1.20. The molecule has 25 heavy (non-hydrogen) atoms. The fraction of sp³-hybridized carbons (Fsp3) is 0.700. The van der Waals surface area contributed by atoms with Crippen molar-refractivity contribution in [3.8, 4) is 0 Å². The molecule has 2 aliphatic carbocycles. The molecule has 0 amide bonds. The first-order valence-corrected chi connectivity index (χ1v) is 10.9. The van der Waals surface area contributed by atoms with Gasteiger partial charge in [-0.2, -0.15) is 0 Å². The summed E-state index contributed by atoms with van der Waals surface area (Å²) in [5, 5.41) is 1.38. The number of hydrogen-bond donors (Lipinski definition) is 0. The second-order valence-electron chi connectivity index (χ2n) is 8.19. The summed E-state index contributed by atoms with van der Waals surface area (Å²) >= 11 is 1.91. The summed E-state index contributed by atoms with van der Waals surface area (Å²) < 4.78 is 0. The number of rotatable bonds is 2. The lowest BCUT2D eigenvalue weighted by molar-refractivity contribution is 0.187. The Labute approximate surface area is 154 Å². The maximum atomic E-state index is 4.76. The van der Waals surface area contributed by atoms with E-state index in [2.05, 4.69) is 21.7 Å². The van der Waals surface area contributed by atoms with Crippen molar-refractivity contribution in [1.29, 1.82) is 0 Å². The highest BCUT2D eigenvalue weighted by Gasteiger charge is 2.29.